The number of carbonyl (C=O) groups is 3. The Hall–Kier alpha value is -3.53. The summed E-state index contributed by atoms with van der Waals surface area (Å²) in [5.74, 6) is 1.83. The number of aryl methyl sites for hydroxylation is 1. The normalized spacial score (nSPS) is 16.0. The van der Waals surface area contributed by atoms with Crippen LogP contribution in [0.25, 0.3) is 0 Å². The van der Waals surface area contributed by atoms with E-state index in [1.807, 2.05) is 18.0 Å². The number of Topliss-reactive ketones (excluding diaryl/α,β-unsaturated/α-hetero) is 1. The minimum atomic E-state index is -0.234. The Balaban J connectivity index is 1.09. The number of hydrogen-bond acceptors (Lipinski definition) is 7. The van der Waals surface area contributed by atoms with Crippen molar-refractivity contribution in [1.29, 1.82) is 0 Å². The lowest BCUT2D eigenvalue weighted by Crippen LogP contribution is -2.38. The van der Waals surface area contributed by atoms with E-state index < -0.39 is 0 Å². The van der Waals surface area contributed by atoms with E-state index >= 15 is 0 Å². The Morgan fingerprint density at radius 2 is 1.78 bits per heavy atom. The molecule has 1 aromatic carbocycles. The summed E-state index contributed by atoms with van der Waals surface area (Å²) in [6.45, 7) is 1.25. The van der Waals surface area contributed by atoms with Crippen molar-refractivity contribution in [2.24, 2.45) is 7.05 Å². The number of ether oxygens (including phenoxy) is 1. The average molecular weight is 522 g/mol. The lowest BCUT2D eigenvalue weighted by Gasteiger charge is -2.31. The largest absolute Gasteiger partial charge is 0.497 e. The van der Waals surface area contributed by atoms with Gasteiger partial charge in [0, 0.05) is 61.8 Å². The van der Waals surface area contributed by atoms with Crippen molar-refractivity contribution in [1.82, 2.24) is 19.7 Å². The van der Waals surface area contributed by atoms with Crippen LogP contribution in [0.5, 0.6) is 5.75 Å². The first-order valence-corrected chi connectivity index (χ1v) is 13.5. The van der Waals surface area contributed by atoms with Gasteiger partial charge in [0.1, 0.15) is 17.3 Å². The molecule has 2 aromatic heterocycles. The molecular formula is C27H31N5O4S. The third kappa shape index (κ3) is 5.90. The van der Waals surface area contributed by atoms with Gasteiger partial charge in [0.05, 0.1) is 17.8 Å². The van der Waals surface area contributed by atoms with Crippen LogP contribution >= 0.6 is 11.3 Å². The van der Waals surface area contributed by atoms with Gasteiger partial charge in [-0.05, 0) is 49.9 Å². The number of benzene rings is 1. The van der Waals surface area contributed by atoms with Gasteiger partial charge in [0.15, 0.2) is 5.78 Å². The van der Waals surface area contributed by atoms with Crippen LogP contribution in [-0.2, 0) is 11.8 Å². The topological polar surface area (TPSA) is 106 Å². The molecule has 3 heterocycles. The average Bonchev–Trinajstić information content (AvgIpc) is 3.54. The van der Waals surface area contributed by atoms with E-state index in [0.29, 0.717) is 41.8 Å². The number of rotatable bonds is 9. The van der Waals surface area contributed by atoms with Gasteiger partial charge in [-0.2, -0.15) is 5.10 Å². The molecule has 5 rings (SSSR count). The van der Waals surface area contributed by atoms with Crippen LogP contribution in [0.2, 0.25) is 0 Å². The summed E-state index contributed by atoms with van der Waals surface area (Å²) in [6.07, 6.45) is 4.29. The maximum absolute atomic E-state index is 12.8. The fraction of sp³-hybridized carbons (Fsp3) is 0.444. The third-order valence-electron chi connectivity index (χ3n) is 7.07. The Morgan fingerprint density at radius 1 is 1.05 bits per heavy atom. The molecule has 2 amide bonds. The number of nitrogens with one attached hydrogen (secondary N) is 1. The number of methoxy groups -OCH3 is 1. The minimum absolute atomic E-state index is 0.00117. The van der Waals surface area contributed by atoms with E-state index in [4.69, 9.17) is 4.74 Å². The zero-order chi connectivity index (χ0) is 25.9. The van der Waals surface area contributed by atoms with Gasteiger partial charge in [-0.3, -0.25) is 19.1 Å². The number of piperidine rings is 1. The van der Waals surface area contributed by atoms with Gasteiger partial charge in [-0.15, -0.1) is 11.3 Å². The molecule has 0 bridgehead atoms. The number of anilines is 1. The minimum Gasteiger partial charge on any atom is -0.497 e. The summed E-state index contributed by atoms with van der Waals surface area (Å²) in [5.41, 5.74) is 2.02. The van der Waals surface area contributed by atoms with E-state index in [9.17, 15) is 14.4 Å². The smallest absolute Gasteiger partial charge is 0.276 e. The van der Waals surface area contributed by atoms with Crippen molar-refractivity contribution >= 4 is 34.8 Å². The number of thiazole rings is 1. The molecule has 0 atom stereocenters. The predicted molar refractivity (Wildman–Crippen MR) is 140 cm³/mol. The van der Waals surface area contributed by atoms with Crippen molar-refractivity contribution in [3.05, 3.63) is 57.7 Å². The maximum Gasteiger partial charge on any atom is 0.276 e. The van der Waals surface area contributed by atoms with Crippen LogP contribution in [0.1, 0.15) is 81.9 Å². The van der Waals surface area contributed by atoms with Crippen LogP contribution in [-0.4, -0.2) is 57.5 Å². The fourth-order valence-electron chi connectivity index (χ4n) is 4.62. The van der Waals surface area contributed by atoms with Crippen molar-refractivity contribution in [3.8, 4) is 5.75 Å². The van der Waals surface area contributed by atoms with Gasteiger partial charge >= 0.3 is 0 Å². The van der Waals surface area contributed by atoms with Crippen molar-refractivity contribution in [3.63, 3.8) is 0 Å². The number of amides is 2. The van der Waals surface area contributed by atoms with Gasteiger partial charge in [0.25, 0.3) is 5.91 Å². The summed E-state index contributed by atoms with van der Waals surface area (Å²) >= 11 is 1.49. The summed E-state index contributed by atoms with van der Waals surface area (Å²) in [7, 11) is 3.41. The predicted octanol–water partition coefficient (Wildman–Crippen LogP) is 4.38. The Bertz CT molecular complexity index is 1290. The number of nitrogens with zero attached hydrogens (tertiary/aromatic N) is 4. The molecule has 1 aliphatic heterocycles. The van der Waals surface area contributed by atoms with Crippen molar-refractivity contribution in [2.75, 3.05) is 25.5 Å². The molecule has 37 heavy (non-hydrogen) atoms. The quantitative estimate of drug-likeness (QED) is 0.419. The van der Waals surface area contributed by atoms with Crippen LogP contribution in [0.3, 0.4) is 0 Å². The second-order valence-corrected chi connectivity index (χ2v) is 10.6. The van der Waals surface area contributed by atoms with Crippen molar-refractivity contribution < 1.29 is 19.1 Å². The zero-order valence-corrected chi connectivity index (χ0v) is 21.9. The van der Waals surface area contributed by atoms with Crippen LogP contribution in [0.15, 0.2) is 35.7 Å². The molecule has 0 radical (unpaired) electrons. The van der Waals surface area contributed by atoms with E-state index in [-0.39, 0.29) is 36.4 Å². The standard InChI is InChI=1S/C27H31N5O4S/c1-31-24(15-21(30-31)17-3-4-17)29-26(35)22-16-37-27(28-22)19-11-13-32(14-12-19)25(34)10-9-23(33)18-5-7-20(36-2)8-6-18/h5-8,15-17,19H,3-4,9-14H2,1-2H3,(H,29,35). The number of likely N-dealkylation sites (tertiary alicyclic amines) is 1. The molecule has 10 heteroatoms. The summed E-state index contributed by atoms with van der Waals surface area (Å²) < 4.78 is 6.82. The van der Waals surface area contributed by atoms with E-state index in [0.717, 1.165) is 36.4 Å². The van der Waals surface area contributed by atoms with Gasteiger partial charge in [-0.1, -0.05) is 0 Å². The fourth-order valence-corrected chi connectivity index (χ4v) is 5.59. The van der Waals surface area contributed by atoms with Gasteiger partial charge in [0.2, 0.25) is 5.91 Å². The molecule has 2 aliphatic rings. The molecule has 1 saturated heterocycles. The highest BCUT2D eigenvalue weighted by atomic mass is 32.1. The Kier molecular flexibility index (Phi) is 7.36. The highest BCUT2D eigenvalue weighted by molar-refractivity contribution is 7.10. The number of hydrogen-bond donors (Lipinski definition) is 1. The van der Waals surface area contributed by atoms with E-state index in [2.05, 4.69) is 15.4 Å². The lowest BCUT2D eigenvalue weighted by atomic mass is 9.97. The Morgan fingerprint density at radius 3 is 2.46 bits per heavy atom. The number of ketones is 1. The second kappa shape index (κ2) is 10.8. The molecule has 0 spiro atoms. The number of carbonyl (C=O) groups excluding carboxylic acids is 3. The highest BCUT2D eigenvalue weighted by Crippen LogP contribution is 2.40. The Labute approximate surface area is 219 Å². The first-order valence-electron chi connectivity index (χ1n) is 12.7. The summed E-state index contributed by atoms with van der Waals surface area (Å²) in [5, 5.41) is 10.1. The zero-order valence-electron chi connectivity index (χ0n) is 21.1. The first-order chi connectivity index (χ1) is 17.9. The number of aromatic nitrogens is 3. The van der Waals surface area contributed by atoms with E-state index in [1.165, 1.54) is 11.3 Å². The second-order valence-electron chi connectivity index (χ2n) is 9.68. The van der Waals surface area contributed by atoms with E-state index in [1.54, 1.807) is 41.4 Å². The lowest BCUT2D eigenvalue weighted by molar-refractivity contribution is -0.132. The SMILES string of the molecule is COc1ccc(C(=O)CCC(=O)N2CCC(c3nc(C(=O)Nc4cc(C5CC5)nn4C)cs3)CC2)cc1. The molecule has 1 saturated carbocycles. The molecule has 9 nitrogen and oxygen atoms in total. The first kappa shape index (κ1) is 25.1. The van der Waals surface area contributed by atoms with Crippen LogP contribution in [0, 0.1) is 0 Å². The van der Waals surface area contributed by atoms with Gasteiger partial charge < -0.3 is 15.0 Å². The molecule has 1 aliphatic carbocycles. The van der Waals surface area contributed by atoms with Crippen LogP contribution in [0.4, 0.5) is 5.82 Å². The molecular weight excluding hydrogens is 490 g/mol. The molecule has 0 unspecified atom stereocenters. The third-order valence-corrected chi connectivity index (χ3v) is 8.07. The maximum atomic E-state index is 12.8. The molecule has 194 valence electrons. The van der Waals surface area contributed by atoms with Crippen LogP contribution < -0.4 is 10.1 Å². The van der Waals surface area contributed by atoms with Crippen molar-refractivity contribution in [2.45, 2.75) is 50.4 Å². The van der Waals surface area contributed by atoms with Gasteiger partial charge in [-0.25, -0.2) is 4.98 Å². The summed E-state index contributed by atoms with van der Waals surface area (Å²) in [6, 6.07) is 8.89. The molecule has 3 aromatic rings. The summed E-state index contributed by atoms with van der Waals surface area (Å²) in [4.78, 5) is 44.3. The molecule has 2 fully saturated rings. The monoisotopic (exact) mass is 521 g/mol. The highest BCUT2D eigenvalue weighted by Gasteiger charge is 2.28. The molecule has 1 N–H and O–H groups in total.